The van der Waals surface area contributed by atoms with E-state index in [1.54, 1.807) is 116 Å². The first-order chi connectivity index (χ1) is 14.6. The Balaban J connectivity index is 1.39. The van der Waals surface area contributed by atoms with E-state index in [1.807, 2.05) is 0 Å². The fraction of sp³-hybridized carbons (Fsp3) is 0.933. The highest BCUT2D eigenvalue weighted by Gasteiger charge is 2.79. The molecule has 0 spiro atoms. The summed E-state index contributed by atoms with van der Waals surface area (Å²) in [5.41, 5.74) is 3.48. The van der Waals surface area contributed by atoms with E-state index in [4.69, 9.17) is 0 Å². The molecule has 9 aliphatic rings. The summed E-state index contributed by atoms with van der Waals surface area (Å²) in [6, 6.07) is 0. The Morgan fingerprint density at radius 2 is 1.13 bits per heavy atom. The van der Waals surface area contributed by atoms with Crippen LogP contribution in [-0.4, -0.2) is 0 Å². The van der Waals surface area contributed by atoms with E-state index in [1.165, 1.54) is 6.42 Å². The molecule has 0 saturated heterocycles. The lowest BCUT2D eigenvalue weighted by atomic mass is 9.30. The zero-order chi connectivity index (χ0) is 19.7. The third-order valence-corrected chi connectivity index (χ3v) is 14.2. The first-order valence-electron chi connectivity index (χ1n) is 14.3. The van der Waals surface area contributed by atoms with Gasteiger partial charge in [-0.1, -0.05) is 12.2 Å². The molecule has 8 fully saturated rings. The summed E-state index contributed by atoms with van der Waals surface area (Å²) in [5, 5.41) is 0. The van der Waals surface area contributed by atoms with Gasteiger partial charge < -0.3 is 0 Å². The minimum absolute atomic E-state index is 0.606. The van der Waals surface area contributed by atoms with Crippen molar-refractivity contribution in [3.63, 3.8) is 0 Å². The molecule has 9 aliphatic carbocycles. The average molecular weight is 405 g/mol. The molecule has 0 aromatic heterocycles. The lowest BCUT2D eigenvalue weighted by molar-refractivity contribution is -0.249. The number of fused-ring (bicyclic) bond motifs is 9. The largest absolute Gasteiger partial charge is 0.0848 e. The van der Waals surface area contributed by atoms with Gasteiger partial charge in [0.2, 0.25) is 0 Å². The van der Waals surface area contributed by atoms with Crippen molar-refractivity contribution in [2.24, 2.45) is 50.7 Å². The van der Waals surface area contributed by atoms with Crippen LogP contribution < -0.4 is 0 Å². The summed E-state index contributed by atoms with van der Waals surface area (Å²) in [5.74, 6) is 4.27. The van der Waals surface area contributed by atoms with Crippen molar-refractivity contribution >= 4 is 0 Å². The van der Waals surface area contributed by atoms with Crippen molar-refractivity contribution in [1.82, 2.24) is 0 Å². The van der Waals surface area contributed by atoms with Gasteiger partial charge in [0.25, 0.3) is 0 Å². The van der Waals surface area contributed by atoms with Gasteiger partial charge in [-0.2, -0.15) is 0 Å². The fourth-order valence-electron chi connectivity index (χ4n) is 13.4. The number of rotatable bonds is 3. The van der Waals surface area contributed by atoms with Crippen LogP contribution in [0.5, 0.6) is 0 Å². The Labute approximate surface area is 185 Å². The minimum Gasteiger partial charge on any atom is -0.0848 e. The van der Waals surface area contributed by atoms with Crippen molar-refractivity contribution in [3.8, 4) is 0 Å². The predicted molar refractivity (Wildman–Crippen MR) is 123 cm³/mol. The van der Waals surface area contributed by atoms with Crippen LogP contribution in [-0.2, 0) is 0 Å². The van der Waals surface area contributed by atoms with Crippen LogP contribution in [0.15, 0.2) is 12.2 Å². The molecule has 9 rings (SSSR count). The predicted octanol–water partition coefficient (Wildman–Crippen LogP) is 8.46. The zero-order valence-corrected chi connectivity index (χ0v) is 19.4. The molecular weight excluding hydrogens is 360 g/mol. The van der Waals surface area contributed by atoms with Gasteiger partial charge in [0, 0.05) is 0 Å². The molecule has 0 radical (unpaired) electrons. The monoisotopic (exact) mass is 404 g/mol. The lowest BCUT2D eigenvalue weighted by Gasteiger charge is -2.74. The van der Waals surface area contributed by atoms with Crippen molar-refractivity contribution in [2.75, 3.05) is 0 Å². The second-order valence-corrected chi connectivity index (χ2v) is 14.3. The van der Waals surface area contributed by atoms with E-state index in [-0.39, 0.29) is 0 Å². The van der Waals surface area contributed by atoms with E-state index in [9.17, 15) is 0 Å². The second-order valence-electron chi connectivity index (χ2n) is 14.3. The standard InChI is InChI=1S/C30H44/c1-10-26(11-2-22(1)3-12-26)29-17-8-25(21-29)9-18-30(29,27-13-4-23(19-27)5-14-27)28-15-6-24(20-28)7-16-28/h4,13,22-25H,1-3,5-12,14-21H2. The molecule has 0 heterocycles. The number of hydrogen-bond donors (Lipinski definition) is 0. The van der Waals surface area contributed by atoms with Crippen molar-refractivity contribution < 1.29 is 0 Å². The number of allylic oxidation sites excluding steroid dienone is 2. The van der Waals surface area contributed by atoms with Crippen molar-refractivity contribution in [3.05, 3.63) is 12.2 Å². The highest BCUT2D eigenvalue weighted by Crippen LogP contribution is 2.87. The summed E-state index contributed by atoms with van der Waals surface area (Å²) in [4.78, 5) is 0. The van der Waals surface area contributed by atoms with Crippen LogP contribution in [0.3, 0.4) is 0 Å². The Bertz CT molecular complexity index is 760. The summed E-state index contributed by atoms with van der Waals surface area (Å²) < 4.78 is 0. The van der Waals surface area contributed by atoms with Crippen LogP contribution >= 0.6 is 0 Å². The third-order valence-electron chi connectivity index (χ3n) is 14.2. The molecule has 5 unspecified atom stereocenters. The summed E-state index contributed by atoms with van der Waals surface area (Å²) >= 11 is 0. The van der Waals surface area contributed by atoms with Gasteiger partial charge in [-0.05, 0) is 173 Å². The molecule has 164 valence electrons. The smallest absolute Gasteiger partial charge is 0.00451 e. The topological polar surface area (TPSA) is 0 Å². The molecule has 0 aromatic rings. The van der Waals surface area contributed by atoms with Crippen molar-refractivity contribution in [1.29, 1.82) is 0 Å². The maximum Gasteiger partial charge on any atom is -0.00451 e. The lowest BCUT2D eigenvalue weighted by Crippen LogP contribution is -2.67. The van der Waals surface area contributed by atoms with E-state index < -0.39 is 0 Å². The van der Waals surface area contributed by atoms with E-state index in [2.05, 4.69) is 12.2 Å². The normalized spacial score (nSPS) is 62.7. The fourth-order valence-corrected chi connectivity index (χ4v) is 13.4. The molecule has 30 heavy (non-hydrogen) atoms. The Hall–Kier alpha value is -0.260. The van der Waals surface area contributed by atoms with Crippen LogP contribution in [0.2, 0.25) is 0 Å². The first-order valence-corrected chi connectivity index (χ1v) is 14.3. The second kappa shape index (κ2) is 5.62. The maximum atomic E-state index is 2.92. The number of hydrogen-bond acceptors (Lipinski definition) is 0. The van der Waals surface area contributed by atoms with E-state index in [0.717, 1.165) is 39.9 Å². The van der Waals surface area contributed by atoms with Gasteiger partial charge in [0.05, 0.1) is 0 Å². The molecule has 5 atom stereocenters. The highest BCUT2D eigenvalue weighted by molar-refractivity contribution is 5.33. The van der Waals surface area contributed by atoms with Crippen LogP contribution in [0.4, 0.5) is 0 Å². The Morgan fingerprint density at radius 3 is 1.73 bits per heavy atom. The summed E-state index contributed by atoms with van der Waals surface area (Å²) in [6.45, 7) is 0. The molecule has 0 nitrogen and oxygen atoms in total. The van der Waals surface area contributed by atoms with Crippen molar-refractivity contribution in [2.45, 2.75) is 122 Å². The van der Waals surface area contributed by atoms with Gasteiger partial charge >= 0.3 is 0 Å². The Kier molecular flexibility index (Phi) is 3.41. The van der Waals surface area contributed by atoms with Gasteiger partial charge in [-0.3, -0.25) is 0 Å². The van der Waals surface area contributed by atoms with Gasteiger partial charge in [0.15, 0.2) is 0 Å². The zero-order valence-electron chi connectivity index (χ0n) is 19.4. The van der Waals surface area contributed by atoms with Crippen LogP contribution in [0, 0.1) is 50.7 Å². The maximum absolute atomic E-state index is 2.92. The van der Waals surface area contributed by atoms with E-state index >= 15 is 0 Å². The minimum atomic E-state index is 0.606. The highest BCUT2D eigenvalue weighted by atomic mass is 14.8. The summed E-state index contributed by atoms with van der Waals surface area (Å²) in [6.07, 6.45) is 36.3. The van der Waals surface area contributed by atoms with Gasteiger partial charge in [0.1, 0.15) is 0 Å². The summed E-state index contributed by atoms with van der Waals surface area (Å²) in [7, 11) is 0. The molecule has 0 aliphatic heterocycles. The average Bonchev–Trinajstić information content (AvgIpc) is 3.63. The molecular formula is C30H44. The molecule has 0 heteroatoms. The molecule has 0 aromatic carbocycles. The van der Waals surface area contributed by atoms with Crippen LogP contribution in [0.1, 0.15) is 122 Å². The molecule has 8 saturated carbocycles. The third kappa shape index (κ3) is 1.81. The van der Waals surface area contributed by atoms with Gasteiger partial charge in [-0.15, -0.1) is 0 Å². The van der Waals surface area contributed by atoms with Gasteiger partial charge in [-0.25, -0.2) is 0 Å². The Morgan fingerprint density at radius 1 is 0.500 bits per heavy atom. The first kappa shape index (κ1) is 18.2. The van der Waals surface area contributed by atoms with Crippen LogP contribution in [0.25, 0.3) is 0 Å². The molecule has 0 amide bonds. The SMILES string of the molecule is C1=CC2(C3(C45CCC(CC4)C5)CCC4CCC3(C35CCC(CC3)CC5)C4)CCC1C2. The molecule has 8 bridgehead atoms. The van der Waals surface area contributed by atoms with E-state index in [0.29, 0.717) is 10.8 Å². The molecule has 0 N–H and O–H groups in total. The quantitative estimate of drug-likeness (QED) is 0.414.